The van der Waals surface area contributed by atoms with Gasteiger partial charge in [-0.25, -0.2) is 5.01 Å². The zero-order valence-corrected chi connectivity index (χ0v) is 22.8. The van der Waals surface area contributed by atoms with Gasteiger partial charge in [-0.3, -0.25) is 14.9 Å². The predicted octanol–water partition coefficient (Wildman–Crippen LogP) is 8.21. The molecule has 0 saturated heterocycles. The summed E-state index contributed by atoms with van der Waals surface area (Å²) in [5, 5.41) is 17.8. The number of benzene rings is 3. The molecule has 3 aromatic carbocycles. The summed E-state index contributed by atoms with van der Waals surface area (Å²) >= 11 is 13.0. The SMILES string of the molecule is O=C(c1ccc(Cl)c([N+](=O)[O-])c1)N1N=C2/C(=C\c3ccc(Br)cc3)CCC[C@@H]2[C@H]1c1ccc(Br)cc1. The van der Waals surface area contributed by atoms with Crippen molar-refractivity contribution in [3.05, 3.63) is 113 Å². The molecule has 9 heteroatoms. The number of carbonyl (C=O) groups is 1. The van der Waals surface area contributed by atoms with Gasteiger partial charge in [-0.15, -0.1) is 0 Å². The topological polar surface area (TPSA) is 75.8 Å². The minimum absolute atomic E-state index is 0.0119. The molecular formula is C27H20Br2ClN3O3. The Morgan fingerprint density at radius 2 is 1.72 bits per heavy atom. The van der Waals surface area contributed by atoms with Crippen LogP contribution >= 0.6 is 43.5 Å². The number of hydrazone groups is 1. The summed E-state index contributed by atoms with van der Waals surface area (Å²) in [6.07, 6.45) is 4.87. The number of hydrogen-bond acceptors (Lipinski definition) is 4. The van der Waals surface area contributed by atoms with Gasteiger partial charge in [-0.1, -0.05) is 67.7 Å². The quantitative estimate of drug-likeness (QED) is 0.216. The van der Waals surface area contributed by atoms with Gasteiger partial charge in [-0.2, -0.15) is 5.10 Å². The summed E-state index contributed by atoms with van der Waals surface area (Å²) in [5.74, 6) is -0.375. The summed E-state index contributed by atoms with van der Waals surface area (Å²) in [4.78, 5) is 24.6. The van der Waals surface area contributed by atoms with Crippen LogP contribution in [0.15, 0.2) is 86.3 Å². The number of halogens is 3. The third-order valence-electron chi connectivity index (χ3n) is 6.52. The molecule has 1 fully saturated rings. The van der Waals surface area contributed by atoms with Crippen molar-refractivity contribution in [2.24, 2.45) is 11.0 Å². The van der Waals surface area contributed by atoms with Crippen LogP contribution in [0.5, 0.6) is 0 Å². The molecule has 0 unspecified atom stereocenters. The summed E-state index contributed by atoms with van der Waals surface area (Å²) in [5.41, 5.74) is 3.90. The number of rotatable bonds is 4. The maximum absolute atomic E-state index is 13.7. The molecule has 2 aliphatic rings. The van der Waals surface area contributed by atoms with Gasteiger partial charge in [0, 0.05) is 26.5 Å². The Labute approximate surface area is 230 Å². The highest BCUT2D eigenvalue weighted by molar-refractivity contribution is 9.10. The normalized spacial score (nSPS) is 20.2. The lowest BCUT2D eigenvalue weighted by Gasteiger charge is -2.29. The van der Waals surface area contributed by atoms with Crippen molar-refractivity contribution in [3.63, 3.8) is 0 Å². The lowest BCUT2D eigenvalue weighted by molar-refractivity contribution is -0.384. The number of amides is 1. The summed E-state index contributed by atoms with van der Waals surface area (Å²) in [6, 6.07) is 19.8. The number of hydrogen-bond donors (Lipinski definition) is 0. The first-order valence-corrected chi connectivity index (χ1v) is 13.4. The van der Waals surface area contributed by atoms with E-state index in [1.54, 1.807) is 0 Å². The highest BCUT2D eigenvalue weighted by atomic mass is 79.9. The molecule has 0 aromatic heterocycles. The zero-order valence-electron chi connectivity index (χ0n) is 18.9. The van der Waals surface area contributed by atoms with Gasteiger partial charge in [0.15, 0.2) is 0 Å². The molecule has 5 rings (SSSR count). The van der Waals surface area contributed by atoms with Crippen molar-refractivity contribution in [2.75, 3.05) is 0 Å². The van der Waals surface area contributed by atoms with E-state index in [2.05, 4.69) is 37.9 Å². The van der Waals surface area contributed by atoms with Gasteiger partial charge >= 0.3 is 0 Å². The Balaban J connectivity index is 1.59. The molecule has 0 radical (unpaired) electrons. The number of carbonyl (C=O) groups excluding carboxylic acids is 1. The van der Waals surface area contributed by atoms with E-state index in [9.17, 15) is 14.9 Å². The van der Waals surface area contributed by atoms with Crippen molar-refractivity contribution in [1.82, 2.24) is 5.01 Å². The molecule has 1 amide bonds. The maximum Gasteiger partial charge on any atom is 0.288 e. The third-order valence-corrected chi connectivity index (χ3v) is 7.90. The van der Waals surface area contributed by atoms with E-state index >= 15 is 0 Å². The van der Waals surface area contributed by atoms with Gasteiger partial charge in [0.05, 0.1) is 16.7 Å². The predicted molar refractivity (Wildman–Crippen MR) is 148 cm³/mol. The highest BCUT2D eigenvalue weighted by Crippen LogP contribution is 2.45. The van der Waals surface area contributed by atoms with Crippen LogP contribution in [0.1, 0.15) is 46.8 Å². The van der Waals surface area contributed by atoms with Gasteiger partial charge in [0.2, 0.25) is 0 Å². The van der Waals surface area contributed by atoms with E-state index in [4.69, 9.17) is 16.7 Å². The van der Waals surface area contributed by atoms with Crippen molar-refractivity contribution in [2.45, 2.75) is 25.3 Å². The van der Waals surface area contributed by atoms with Crippen LogP contribution < -0.4 is 0 Å². The van der Waals surface area contributed by atoms with E-state index in [0.717, 1.165) is 50.6 Å². The van der Waals surface area contributed by atoms with Crippen LogP contribution in [0.3, 0.4) is 0 Å². The van der Waals surface area contributed by atoms with Crippen LogP contribution in [0.4, 0.5) is 5.69 Å². The van der Waals surface area contributed by atoms with E-state index < -0.39 is 10.8 Å². The van der Waals surface area contributed by atoms with Gasteiger partial charge in [-0.05, 0) is 78.4 Å². The molecule has 36 heavy (non-hydrogen) atoms. The van der Waals surface area contributed by atoms with E-state index in [-0.39, 0.29) is 28.2 Å². The standard InChI is InChI=1S/C27H20Br2ClN3O3/c28-20-9-4-16(5-10-20)14-18-2-1-3-22-25(18)31-32(26(22)17-6-11-21(29)12-7-17)27(34)19-8-13-23(30)24(15-19)33(35)36/h4-15,22,26H,1-3H2/b18-14-/t22-,26+/m0/s1. The first-order valence-electron chi connectivity index (χ1n) is 11.4. The number of nitrogens with zero attached hydrogens (tertiary/aromatic N) is 3. The van der Waals surface area contributed by atoms with Crippen molar-refractivity contribution >= 4 is 66.8 Å². The Morgan fingerprint density at radius 1 is 1.06 bits per heavy atom. The van der Waals surface area contributed by atoms with Crippen molar-refractivity contribution in [1.29, 1.82) is 0 Å². The molecule has 0 spiro atoms. The molecule has 3 aromatic rings. The second-order valence-corrected chi connectivity index (χ2v) is 11.0. The molecule has 0 N–H and O–H groups in total. The largest absolute Gasteiger partial charge is 0.288 e. The Hall–Kier alpha value is -2.81. The fourth-order valence-electron chi connectivity index (χ4n) is 4.84. The number of nitro benzene ring substituents is 1. The Kier molecular flexibility index (Phi) is 7.10. The monoisotopic (exact) mass is 627 g/mol. The zero-order chi connectivity index (χ0) is 25.4. The molecule has 1 heterocycles. The molecule has 182 valence electrons. The lowest BCUT2D eigenvalue weighted by Crippen LogP contribution is -2.32. The van der Waals surface area contributed by atoms with Gasteiger partial charge in [0.1, 0.15) is 5.02 Å². The summed E-state index contributed by atoms with van der Waals surface area (Å²) in [6.45, 7) is 0. The molecule has 2 atom stereocenters. The van der Waals surface area contributed by atoms with Crippen LogP contribution in [-0.2, 0) is 0 Å². The second kappa shape index (κ2) is 10.3. The van der Waals surface area contributed by atoms with Crippen LogP contribution in [0.2, 0.25) is 5.02 Å². The average Bonchev–Trinajstić information content (AvgIpc) is 3.26. The summed E-state index contributed by atoms with van der Waals surface area (Å²) in [7, 11) is 0. The van der Waals surface area contributed by atoms with Crippen LogP contribution in [0, 0.1) is 16.0 Å². The molecular weight excluding hydrogens is 610 g/mol. The van der Waals surface area contributed by atoms with Crippen molar-refractivity contribution in [3.8, 4) is 0 Å². The first-order chi connectivity index (χ1) is 17.3. The molecule has 0 bridgehead atoms. The number of allylic oxidation sites excluding steroid dienone is 1. The van der Waals surface area contributed by atoms with Crippen LogP contribution in [-0.4, -0.2) is 21.6 Å². The fraction of sp³-hybridized carbons (Fsp3) is 0.185. The van der Waals surface area contributed by atoms with Gasteiger partial charge < -0.3 is 0 Å². The Bertz CT molecular complexity index is 1400. The minimum atomic E-state index is -0.583. The number of nitro groups is 1. The fourth-order valence-corrected chi connectivity index (χ4v) is 5.55. The Morgan fingerprint density at radius 3 is 2.39 bits per heavy atom. The average molecular weight is 630 g/mol. The van der Waals surface area contributed by atoms with E-state index in [1.807, 2.05) is 48.5 Å². The second-order valence-electron chi connectivity index (χ2n) is 8.77. The minimum Gasteiger partial charge on any atom is -0.267 e. The third kappa shape index (κ3) is 4.90. The molecule has 1 aliphatic carbocycles. The van der Waals surface area contributed by atoms with E-state index in [1.165, 1.54) is 23.2 Å². The molecule has 6 nitrogen and oxygen atoms in total. The number of fused-ring (bicyclic) bond motifs is 1. The van der Waals surface area contributed by atoms with Crippen LogP contribution in [0.25, 0.3) is 6.08 Å². The van der Waals surface area contributed by atoms with E-state index in [0.29, 0.717) is 0 Å². The summed E-state index contributed by atoms with van der Waals surface area (Å²) < 4.78 is 1.95. The lowest BCUT2D eigenvalue weighted by atomic mass is 9.77. The van der Waals surface area contributed by atoms with Crippen molar-refractivity contribution < 1.29 is 9.72 Å². The van der Waals surface area contributed by atoms with Gasteiger partial charge in [0.25, 0.3) is 11.6 Å². The smallest absolute Gasteiger partial charge is 0.267 e. The first kappa shape index (κ1) is 24.9. The maximum atomic E-state index is 13.7. The molecule has 1 saturated carbocycles. The molecule has 1 aliphatic heterocycles. The highest BCUT2D eigenvalue weighted by Gasteiger charge is 2.44.